The van der Waals surface area contributed by atoms with Crippen LogP contribution in [0.5, 0.6) is 0 Å². The third-order valence-electron chi connectivity index (χ3n) is 3.31. The predicted molar refractivity (Wildman–Crippen MR) is 70.0 cm³/mol. The number of hydrogen-bond acceptors (Lipinski definition) is 2. The van der Waals surface area contributed by atoms with Gasteiger partial charge in [-0.25, -0.2) is 17.6 Å². The molecule has 1 aliphatic heterocycles. The van der Waals surface area contributed by atoms with Gasteiger partial charge in [0.05, 0.1) is 12.1 Å². The van der Waals surface area contributed by atoms with Crippen molar-refractivity contribution in [2.75, 3.05) is 5.01 Å². The summed E-state index contributed by atoms with van der Waals surface area (Å²) >= 11 is 0. The first-order valence-corrected chi connectivity index (χ1v) is 6.29. The quantitative estimate of drug-likeness (QED) is 0.575. The summed E-state index contributed by atoms with van der Waals surface area (Å²) < 4.78 is 55.0. The Morgan fingerprint density at radius 1 is 1.00 bits per heavy atom. The SMILES string of the molecule is Cc1c(F)c(F)c(N2N=C(C(C)(C)C)CC2=O)c(F)c1F. The highest BCUT2D eigenvalue weighted by Crippen LogP contribution is 2.34. The van der Waals surface area contributed by atoms with Crippen molar-refractivity contribution < 1.29 is 22.4 Å². The second-order valence-corrected chi connectivity index (χ2v) is 5.91. The fourth-order valence-corrected chi connectivity index (χ4v) is 1.94. The van der Waals surface area contributed by atoms with Crippen molar-refractivity contribution in [3.63, 3.8) is 0 Å². The van der Waals surface area contributed by atoms with E-state index in [-0.39, 0.29) is 6.42 Å². The van der Waals surface area contributed by atoms with E-state index >= 15 is 0 Å². The molecule has 0 radical (unpaired) electrons. The minimum Gasteiger partial charge on any atom is -0.272 e. The summed E-state index contributed by atoms with van der Waals surface area (Å²) in [5.74, 6) is -7.05. The molecule has 1 aliphatic rings. The van der Waals surface area contributed by atoms with E-state index in [1.165, 1.54) is 0 Å². The van der Waals surface area contributed by atoms with Crippen molar-refractivity contribution in [1.29, 1.82) is 0 Å². The van der Waals surface area contributed by atoms with Crippen LogP contribution in [-0.2, 0) is 4.79 Å². The smallest absolute Gasteiger partial charge is 0.253 e. The molecule has 21 heavy (non-hydrogen) atoms. The van der Waals surface area contributed by atoms with Gasteiger partial charge in [0.15, 0.2) is 23.3 Å². The summed E-state index contributed by atoms with van der Waals surface area (Å²) in [6.07, 6.45) is -0.153. The molecule has 0 saturated carbocycles. The maximum Gasteiger partial charge on any atom is 0.253 e. The molecule has 0 bridgehead atoms. The largest absolute Gasteiger partial charge is 0.272 e. The normalized spacial score (nSPS) is 15.7. The third kappa shape index (κ3) is 2.41. The first kappa shape index (κ1) is 15.5. The Bertz CT molecular complexity index is 633. The molecule has 0 aliphatic carbocycles. The van der Waals surface area contributed by atoms with Gasteiger partial charge in [0.1, 0.15) is 5.69 Å². The Balaban J connectivity index is 2.63. The molecule has 1 heterocycles. The summed E-state index contributed by atoms with van der Waals surface area (Å²) in [4.78, 5) is 11.9. The lowest BCUT2D eigenvalue weighted by Gasteiger charge is -2.17. The highest BCUT2D eigenvalue weighted by molar-refractivity contribution is 6.14. The molecule has 0 fully saturated rings. The Kier molecular flexibility index (Phi) is 3.55. The van der Waals surface area contributed by atoms with Crippen molar-refractivity contribution in [2.24, 2.45) is 10.5 Å². The van der Waals surface area contributed by atoms with E-state index in [9.17, 15) is 22.4 Å². The van der Waals surface area contributed by atoms with Crippen molar-refractivity contribution in [3.8, 4) is 0 Å². The van der Waals surface area contributed by atoms with Crippen LogP contribution in [0, 0.1) is 35.6 Å². The molecule has 3 nitrogen and oxygen atoms in total. The molecule has 0 atom stereocenters. The number of hydrazone groups is 1. The van der Waals surface area contributed by atoms with E-state index in [2.05, 4.69) is 5.10 Å². The number of halogens is 4. The third-order valence-corrected chi connectivity index (χ3v) is 3.31. The summed E-state index contributed by atoms with van der Waals surface area (Å²) in [5, 5.41) is 4.23. The van der Waals surface area contributed by atoms with Crippen molar-refractivity contribution >= 4 is 17.3 Å². The number of amides is 1. The Morgan fingerprint density at radius 3 is 1.86 bits per heavy atom. The molecule has 0 spiro atoms. The maximum absolute atomic E-state index is 13.9. The fraction of sp³-hybridized carbons (Fsp3) is 0.429. The van der Waals surface area contributed by atoms with E-state index in [0.29, 0.717) is 10.7 Å². The minimum absolute atomic E-state index is 0.153. The molecule has 0 saturated heterocycles. The number of rotatable bonds is 1. The number of nitrogens with zero attached hydrogens (tertiary/aromatic N) is 2. The topological polar surface area (TPSA) is 32.7 Å². The minimum atomic E-state index is -1.63. The Morgan fingerprint density at radius 2 is 1.48 bits per heavy atom. The van der Waals surface area contributed by atoms with Gasteiger partial charge in [-0.05, 0) is 6.92 Å². The second kappa shape index (κ2) is 4.82. The lowest BCUT2D eigenvalue weighted by Crippen LogP contribution is -2.23. The second-order valence-electron chi connectivity index (χ2n) is 5.91. The standard InChI is InChI=1S/C14H14F4N2O/c1-6-9(15)11(17)13(12(18)10(6)16)20-8(21)5-7(19-20)14(2,3)4/h5H2,1-4H3. The predicted octanol–water partition coefficient (Wildman–Crippen LogP) is 3.69. The lowest BCUT2D eigenvalue weighted by molar-refractivity contribution is -0.117. The molecular weight excluding hydrogens is 288 g/mol. The average Bonchev–Trinajstić information content (AvgIpc) is 2.77. The molecule has 0 unspecified atom stereocenters. The molecular formula is C14H14F4N2O. The average molecular weight is 302 g/mol. The fourth-order valence-electron chi connectivity index (χ4n) is 1.94. The molecule has 7 heteroatoms. The van der Waals surface area contributed by atoms with Crippen LogP contribution in [0.15, 0.2) is 5.10 Å². The van der Waals surface area contributed by atoms with E-state index < -0.39 is 45.8 Å². The van der Waals surface area contributed by atoms with E-state index in [1.54, 1.807) is 20.8 Å². The summed E-state index contributed by atoms with van der Waals surface area (Å²) in [6.45, 7) is 6.22. The Hall–Kier alpha value is -1.92. The van der Waals surface area contributed by atoms with Gasteiger partial charge >= 0.3 is 0 Å². The van der Waals surface area contributed by atoms with Crippen LogP contribution in [0.3, 0.4) is 0 Å². The first-order valence-electron chi connectivity index (χ1n) is 6.29. The summed E-state index contributed by atoms with van der Waals surface area (Å²) in [7, 11) is 0. The zero-order valence-electron chi connectivity index (χ0n) is 12.0. The van der Waals surface area contributed by atoms with Crippen LogP contribution >= 0.6 is 0 Å². The number of hydrogen-bond donors (Lipinski definition) is 0. The van der Waals surface area contributed by atoms with Gasteiger partial charge in [-0.15, -0.1) is 0 Å². The van der Waals surface area contributed by atoms with Crippen molar-refractivity contribution in [3.05, 3.63) is 28.8 Å². The van der Waals surface area contributed by atoms with Crippen LogP contribution in [0.2, 0.25) is 0 Å². The number of benzene rings is 1. The number of anilines is 1. The van der Waals surface area contributed by atoms with Crippen LogP contribution < -0.4 is 5.01 Å². The molecule has 114 valence electrons. The van der Waals surface area contributed by atoms with Crippen LogP contribution in [0.1, 0.15) is 32.8 Å². The molecule has 1 amide bonds. The lowest BCUT2D eigenvalue weighted by atomic mass is 9.88. The van der Waals surface area contributed by atoms with Crippen LogP contribution in [0.25, 0.3) is 0 Å². The zero-order chi connectivity index (χ0) is 16.1. The van der Waals surface area contributed by atoms with Gasteiger partial charge in [-0.2, -0.15) is 10.1 Å². The molecule has 2 rings (SSSR count). The summed E-state index contributed by atoms with van der Waals surface area (Å²) in [5.41, 5.74) is -2.01. The number of carbonyl (C=O) groups excluding carboxylic acids is 1. The van der Waals surface area contributed by atoms with E-state index in [1.807, 2.05) is 0 Å². The van der Waals surface area contributed by atoms with Gasteiger partial charge in [0.25, 0.3) is 5.91 Å². The van der Waals surface area contributed by atoms with Crippen LogP contribution in [0.4, 0.5) is 23.2 Å². The highest BCUT2D eigenvalue weighted by Gasteiger charge is 2.37. The van der Waals surface area contributed by atoms with Gasteiger partial charge in [-0.1, -0.05) is 20.8 Å². The molecule has 1 aromatic carbocycles. The van der Waals surface area contributed by atoms with Gasteiger partial charge in [0.2, 0.25) is 0 Å². The number of carbonyl (C=O) groups is 1. The van der Waals surface area contributed by atoms with Gasteiger partial charge in [-0.3, -0.25) is 4.79 Å². The Labute approximate surface area is 119 Å². The van der Waals surface area contributed by atoms with Crippen molar-refractivity contribution in [2.45, 2.75) is 34.1 Å². The van der Waals surface area contributed by atoms with Crippen molar-refractivity contribution in [1.82, 2.24) is 0 Å². The summed E-state index contributed by atoms with van der Waals surface area (Å²) in [6, 6.07) is 0. The molecule has 1 aromatic rings. The van der Waals surface area contributed by atoms with E-state index in [0.717, 1.165) is 6.92 Å². The highest BCUT2D eigenvalue weighted by atomic mass is 19.2. The zero-order valence-corrected chi connectivity index (χ0v) is 12.0. The molecule has 0 aromatic heterocycles. The van der Waals surface area contributed by atoms with Gasteiger partial charge < -0.3 is 0 Å². The van der Waals surface area contributed by atoms with E-state index in [4.69, 9.17) is 0 Å². The van der Waals surface area contributed by atoms with Gasteiger partial charge in [0, 0.05) is 11.0 Å². The van der Waals surface area contributed by atoms with Crippen LogP contribution in [-0.4, -0.2) is 11.6 Å². The maximum atomic E-state index is 13.9. The monoisotopic (exact) mass is 302 g/mol. The molecule has 0 N–H and O–H groups in total. The first-order chi connectivity index (χ1) is 9.55.